The van der Waals surface area contributed by atoms with Gasteiger partial charge in [-0.1, -0.05) is 0 Å². The largest absolute Gasteiger partial charge is 0.348 e. The minimum absolute atomic E-state index is 0.0283. The second-order valence-corrected chi connectivity index (χ2v) is 4.16. The van der Waals surface area contributed by atoms with E-state index in [1.54, 1.807) is 0 Å². The van der Waals surface area contributed by atoms with Crippen molar-refractivity contribution in [3.63, 3.8) is 0 Å². The van der Waals surface area contributed by atoms with Crippen LogP contribution in [0.2, 0.25) is 0 Å². The number of aromatic nitrogens is 2. The molecule has 5 heteroatoms. The Morgan fingerprint density at radius 3 is 3.20 bits per heavy atom. The van der Waals surface area contributed by atoms with Crippen molar-refractivity contribution in [3.8, 4) is 0 Å². The first-order valence-corrected chi connectivity index (χ1v) is 5.40. The number of fused-ring (bicyclic) bond motifs is 1. The first-order valence-electron chi connectivity index (χ1n) is 5.40. The summed E-state index contributed by atoms with van der Waals surface area (Å²) in [5.74, 6) is 0.932. The van der Waals surface area contributed by atoms with E-state index >= 15 is 0 Å². The molecule has 0 aromatic carbocycles. The molecule has 5 nitrogen and oxygen atoms in total. The SMILES string of the molecule is O=C(NC1CC1)c1cn2c(n1)CNCC2. The predicted octanol–water partition coefficient (Wildman–Crippen LogP) is -0.122. The second kappa shape index (κ2) is 3.34. The standard InChI is InChI=1S/C10H14N4O/c15-10(12-7-1-2-7)8-6-14-4-3-11-5-9(14)13-8/h6-7,11H,1-5H2,(H,12,15). The Morgan fingerprint density at radius 2 is 2.47 bits per heavy atom. The lowest BCUT2D eigenvalue weighted by molar-refractivity contribution is 0.0946. The van der Waals surface area contributed by atoms with Crippen LogP contribution in [0, 0.1) is 0 Å². The van der Waals surface area contributed by atoms with E-state index in [1.807, 2.05) is 6.20 Å². The first kappa shape index (κ1) is 8.91. The molecule has 0 saturated heterocycles. The Hall–Kier alpha value is -1.36. The van der Waals surface area contributed by atoms with Crippen LogP contribution in [0.5, 0.6) is 0 Å². The average molecular weight is 206 g/mol. The Labute approximate surface area is 87.9 Å². The molecule has 1 aliphatic heterocycles. The van der Waals surface area contributed by atoms with Gasteiger partial charge in [0.1, 0.15) is 11.5 Å². The zero-order valence-corrected chi connectivity index (χ0v) is 8.49. The van der Waals surface area contributed by atoms with Crippen LogP contribution in [0.1, 0.15) is 29.2 Å². The lowest BCUT2D eigenvalue weighted by atomic mass is 10.4. The van der Waals surface area contributed by atoms with Gasteiger partial charge in [0.05, 0.1) is 6.54 Å². The maximum atomic E-state index is 11.7. The average Bonchev–Trinajstić information content (AvgIpc) is 2.95. The van der Waals surface area contributed by atoms with Gasteiger partial charge in [-0.05, 0) is 12.8 Å². The van der Waals surface area contributed by atoms with Crippen molar-refractivity contribution in [2.45, 2.75) is 32.0 Å². The number of hydrogen-bond acceptors (Lipinski definition) is 3. The van der Waals surface area contributed by atoms with Crippen LogP contribution in [0.15, 0.2) is 6.20 Å². The molecular formula is C10H14N4O. The lowest BCUT2D eigenvalue weighted by Gasteiger charge is -2.13. The maximum Gasteiger partial charge on any atom is 0.271 e. The number of rotatable bonds is 2. The molecule has 1 fully saturated rings. The molecule has 1 aliphatic carbocycles. The summed E-state index contributed by atoms with van der Waals surface area (Å²) >= 11 is 0. The summed E-state index contributed by atoms with van der Waals surface area (Å²) in [5.41, 5.74) is 0.556. The minimum Gasteiger partial charge on any atom is -0.348 e. The summed E-state index contributed by atoms with van der Waals surface area (Å²) in [5, 5.41) is 6.18. The molecule has 2 heterocycles. The Morgan fingerprint density at radius 1 is 1.60 bits per heavy atom. The predicted molar refractivity (Wildman–Crippen MR) is 54.4 cm³/mol. The van der Waals surface area contributed by atoms with E-state index in [0.29, 0.717) is 11.7 Å². The number of hydrogen-bond donors (Lipinski definition) is 2. The lowest BCUT2D eigenvalue weighted by Crippen LogP contribution is -2.27. The fourth-order valence-corrected chi connectivity index (χ4v) is 1.79. The number of amides is 1. The number of carbonyl (C=O) groups is 1. The molecule has 3 rings (SSSR count). The molecule has 1 saturated carbocycles. The van der Waals surface area contributed by atoms with E-state index in [9.17, 15) is 4.79 Å². The topological polar surface area (TPSA) is 59.0 Å². The van der Waals surface area contributed by atoms with Gasteiger partial charge in [-0.15, -0.1) is 0 Å². The summed E-state index contributed by atoms with van der Waals surface area (Å²) in [4.78, 5) is 16.0. The molecule has 2 N–H and O–H groups in total. The molecule has 1 aromatic rings. The summed E-state index contributed by atoms with van der Waals surface area (Å²) in [6, 6.07) is 0.398. The van der Waals surface area contributed by atoms with E-state index in [0.717, 1.165) is 38.3 Å². The van der Waals surface area contributed by atoms with Gasteiger partial charge in [-0.3, -0.25) is 4.79 Å². The minimum atomic E-state index is -0.0283. The van der Waals surface area contributed by atoms with Crippen LogP contribution >= 0.6 is 0 Å². The fourth-order valence-electron chi connectivity index (χ4n) is 1.79. The second-order valence-electron chi connectivity index (χ2n) is 4.16. The third-order valence-electron chi connectivity index (χ3n) is 2.82. The molecule has 1 aromatic heterocycles. The van der Waals surface area contributed by atoms with E-state index in [4.69, 9.17) is 0 Å². The zero-order valence-electron chi connectivity index (χ0n) is 8.49. The van der Waals surface area contributed by atoms with Gasteiger partial charge in [0, 0.05) is 25.3 Å². The smallest absolute Gasteiger partial charge is 0.271 e. The Balaban J connectivity index is 1.78. The molecule has 80 valence electrons. The van der Waals surface area contributed by atoms with Crippen LogP contribution < -0.4 is 10.6 Å². The van der Waals surface area contributed by atoms with Crippen molar-refractivity contribution in [1.29, 1.82) is 0 Å². The molecule has 0 radical (unpaired) electrons. The van der Waals surface area contributed by atoms with Crippen LogP contribution in [0.25, 0.3) is 0 Å². The summed E-state index contributed by atoms with van der Waals surface area (Å²) in [6.07, 6.45) is 4.08. The molecule has 0 atom stereocenters. The van der Waals surface area contributed by atoms with Gasteiger partial charge in [0.2, 0.25) is 0 Å². The molecule has 1 amide bonds. The maximum absolute atomic E-state index is 11.7. The molecule has 2 aliphatic rings. The van der Waals surface area contributed by atoms with E-state index < -0.39 is 0 Å². The van der Waals surface area contributed by atoms with Gasteiger partial charge < -0.3 is 15.2 Å². The third-order valence-corrected chi connectivity index (χ3v) is 2.82. The van der Waals surface area contributed by atoms with Crippen molar-refractivity contribution >= 4 is 5.91 Å². The van der Waals surface area contributed by atoms with E-state index in [1.165, 1.54) is 0 Å². The molecule has 0 spiro atoms. The third kappa shape index (κ3) is 1.74. The first-order chi connectivity index (χ1) is 7.33. The Bertz CT molecular complexity index is 371. The van der Waals surface area contributed by atoms with Crippen molar-refractivity contribution in [1.82, 2.24) is 20.2 Å². The molecular weight excluding hydrogens is 192 g/mol. The van der Waals surface area contributed by atoms with Gasteiger partial charge >= 0.3 is 0 Å². The fraction of sp³-hybridized carbons (Fsp3) is 0.600. The molecule has 0 bridgehead atoms. The van der Waals surface area contributed by atoms with Gasteiger partial charge in [0.15, 0.2) is 0 Å². The monoisotopic (exact) mass is 206 g/mol. The van der Waals surface area contributed by atoms with Crippen LogP contribution in [0.4, 0.5) is 0 Å². The normalized spacial score (nSPS) is 19.7. The quantitative estimate of drug-likeness (QED) is 0.709. The van der Waals surface area contributed by atoms with Crippen molar-refractivity contribution in [3.05, 3.63) is 17.7 Å². The Kier molecular flexibility index (Phi) is 1.98. The van der Waals surface area contributed by atoms with Crippen molar-refractivity contribution in [2.75, 3.05) is 6.54 Å². The number of carbonyl (C=O) groups excluding carboxylic acids is 1. The van der Waals surface area contributed by atoms with Crippen LogP contribution in [0.3, 0.4) is 0 Å². The number of nitrogens with one attached hydrogen (secondary N) is 2. The highest BCUT2D eigenvalue weighted by molar-refractivity contribution is 5.92. The highest BCUT2D eigenvalue weighted by Crippen LogP contribution is 2.19. The van der Waals surface area contributed by atoms with Gasteiger partial charge in [-0.25, -0.2) is 4.98 Å². The summed E-state index contributed by atoms with van der Waals surface area (Å²) in [7, 11) is 0. The summed E-state index contributed by atoms with van der Waals surface area (Å²) in [6.45, 7) is 2.61. The molecule has 15 heavy (non-hydrogen) atoms. The van der Waals surface area contributed by atoms with E-state index in [2.05, 4.69) is 20.2 Å². The van der Waals surface area contributed by atoms with Crippen molar-refractivity contribution < 1.29 is 4.79 Å². The zero-order chi connectivity index (χ0) is 10.3. The van der Waals surface area contributed by atoms with E-state index in [-0.39, 0.29) is 5.91 Å². The summed E-state index contributed by atoms with van der Waals surface area (Å²) < 4.78 is 2.05. The number of imidazole rings is 1. The molecule has 0 unspecified atom stereocenters. The number of nitrogens with zero attached hydrogens (tertiary/aromatic N) is 2. The highest BCUT2D eigenvalue weighted by Gasteiger charge is 2.25. The van der Waals surface area contributed by atoms with Gasteiger partial charge in [0.25, 0.3) is 5.91 Å². The van der Waals surface area contributed by atoms with Gasteiger partial charge in [-0.2, -0.15) is 0 Å². The van der Waals surface area contributed by atoms with Crippen LogP contribution in [-0.2, 0) is 13.1 Å². The highest BCUT2D eigenvalue weighted by atomic mass is 16.2. The van der Waals surface area contributed by atoms with Crippen LogP contribution in [-0.4, -0.2) is 28.0 Å². The van der Waals surface area contributed by atoms with Crippen molar-refractivity contribution in [2.24, 2.45) is 0 Å².